The number of nitrogens with one attached hydrogen (secondary N) is 2. The fourth-order valence-corrected chi connectivity index (χ4v) is 3.31. The van der Waals surface area contributed by atoms with Gasteiger partial charge in [-0.05, 0) is 37.1 Å². The number of carbonyl (C=O) groups excluding carboxylic acids is 1. The van der Waals surface area contributed by atoms with Gasteiger partial charge in [0.2, 0.25) is 0 Å². The van der Waals surface area contributed by atoms with Crippen LogP contribution in [0.2, 0.25) is 0 Å². The first kappa shape index (κ1) is 20.6. The second-order valence-electron chi connectivity index (χ2n) is 6.72. The van der Waals surface area contributed by atoms with Gasteiger partial charge in [0.1, 0.15) is 5.69 Å². The molecule has 2 N–H and O–H groups in total. The van der Waals surface area contributed by atoms with Crippen molar-refractivity contribution in [2.45, 2.75) is 31.6 Å². The van der Waals surface area contributed by atoms with Crippen LogP contribution in [0, 0.1) is 10.1 Å². The van der Waals surface area contributed by atoms with Crippen molar-refractivity contribution in [2.75, 3.05) is 12.0 Å². The van der Waals surface area contributed by atoms with E-state index >= 15 is 0 Å². The van der Waals surface area contributed by atoms with Crippen LogP contribution in [0.4, 0.5) is 24.5 Å². The zero-order valence-electron chi connectivity index (χ0n) is 15.3. The highest BCUT2D eigenvalue weighted by Gasteiger charge is 2.34. The minimum absolute atomic E-state index is 0.219. The number of hydrazine groups is 1. The first-order valence-electron chi connectivity index (χ1n) is 8.95. The Bertz CT molecular complexity index is 890. The fraction of sp³-hybridized carbons (Fsp3) is 0.316. The van der Waals surface area contributed by atoms with Crippen LogP contribution < -0.4 is 10.9 Å². The van der Waals surface area contributed by atoms with Crippen molar-refractivity contribution in [3.63, 3.8) is 0 Å². The van der Waals surface area contributed by atoms with Gasteiger partial charge in [0, 0.05) is 12.6 Å². The molecule has 1 fully saturated rings. The summed E-state index contributed by atoms with van der Waals surface area (Å²) < 4.78 is 38.4. The van der Waals surface area contributed by atoms with Crippen molar-refractivity contribution in [1.29, 1.82) is 0 Å². The molecule has 1 unspecified atom stereocenters. The van der Waals surface area contributed by atoms with Gasteiger partial charge in [-0.3, -0.25) is 30.7 Å². The molecule has 0 aliphatic carbocycles. The van der Waals surface area contributed by atoms with Crippen LogP contribution >= 0.6 is 0 Å². The molecule has 3 rings (SSSR count). The van der Waals surface area contributed by atoms with E-state index in [4.69, 9.17) is 0 Å². The van der Waals surface area contributed by atoms with Gasteiger partial charge in [0.05, 0.1) is 16.5 Å². The lowest BCUT2D eigenvalue weighted by Gasteiger charge is -2.24. The predicted octanol–water partition coefficient (Wildman–Crippen LogP) is 3.72. The van der Waals surface area contributed by atoms with E-state index in [1.807, 2.05) is 35.2 Å². The Morgan fingerprint density at radius 1 is 1.21 bits per heavy atom. The summed E-state index contributed by atoms with van der Waals surface area (Å²) in [6, 6.07) is 11.3. The van der Waals surface area contributed by atoms with Crippen molar-refractivity contribution in [3.05, 3.63) is 69.8 Å². The Hall–Kier alpha value is -3.14. The fourth-order valence-electron chi connectivity index (χ4n) is 3.31. The van der Waals surface area contributed by atoms with Gasteiger partial charge in [-0.2, -0.15) is 13.2 Å². The maximum absolute atomic E-state index is 12.8. The molecule has 1 atom stereocenters. The number of benzene rings is 2. The van der Waals surface area contributed by atoms with E-state index in [0.717, 1.165) is 30.7 Å². The largest absolute Gasteiger partial charge is 0.416 e. The molecular formula is C19H19F3N4O3. The zero-order chi connectivity index (χ0) is 21.0. The third-order valence-corrected chi connectivity index (χ3v) is 4.74. The van der Waals surface area contributed by atoms with E-state index in [-0.39, 0.29) is 5.69 Å². The number of alkyl halides is 3. The second kappa shape index (κ2) is 8.48. The second-order valence-corrected chi connectivity index (χ2v) is 6.72. The van der Waals surface area contributed by atoms with E-state index < -0.39 is 34.3 Å². The molecule has 1 aliphatic rings. The van der Waals surface area contributed by atoms with Crippen LogP contribution in [0.3, 0.4) is 0 Å². The number of hydrogen-bond acceptors (Lipinski definition) is 5. The molecule has 1 aliphatic heterocycles. The summed E-state index contributed by atoms with van der Waals surface area (Å²) in [4.78, 5) is 24.8. The molecule has 2 aromatic rings. The Morgan fingerprint density at radius 2 is 1.93 bits per heavy atom. The summed E-state index contributed by atoms with van der Waals surface area (Å²) in [5.74, 6) is -0.396. The SMILES string of the molecule is O=C(NNc1ccc(C(F)(F)F)cc1[N+](=O)[O-])C1CCCN1Cc1ccccc1. The van der Waals surface area contributed by atoms with Gasteiger partial charge in [-0.15, -0.1) is 0 Å². The summed E-state index contributed by atoms with van der Waals surface area (Å²) in [6.45, 7) is 1.31. The highest BCUT2D eigenvalue weighted by molar-refractivity contribution is 5.83. The molecule has 1 heterocycles. The van der Waals surface area contributed by atoms with Crippen LogP contribution in [0.1, 0.15) is 24.0 Å². The van der Waals surface area contributed by atoms with Crippen molar-refractivity contribution in [2.24, 2.45) is 0 Å². The Balaban J connectivity index is 1.67. The van der Waals surface area contributed by atoms with Crippen molar-refractivity contribution >= 4 is 17.3 Å². The lowest BCUT2D eigenvalue weighted by Crippen LogP contribution is -2.45. The van der Waals surface area contributed by atoms with E-state index in [9.17, 15) is 28.1 Å². The standard InChI is InChI=1S/C19H19F3N4O3/c20-19(21,22)14-8-9-15(17(11-14)26(28)29)23-24-18(27)16-7-4-10-25(16)12-13-5-2-1-3-6-13/h1-3,5-6,8-9,11,16,23H,4,7,10,12H2,(H,24,27). The number of carbonyl (C=O) groups is 1. The van der Waals surface area contributed by atoms with E-state index in [2.05, 4.69) is 10.9 Å². The third kappa shape index (κ3) is 5.02. The zero-order valence-corrected chi connectivity index (χ0v) is 15.3. The topological polar surface area (TPSA) is 87.5 Å². The smallest absolute Gasteiger partial charge is 0.292 e. The van der Waals surface area contributed by atoms with Crippen molar-refractivity contribution in [3.8, 4) is 0 Å². The number of nitro groups is 1. The Labute approximate surface area is 164 Å². The van der Waals surface area contributed by atoms with Crippen molar-refractivity contribution < 1.29 is 22.9 Å². The first-order valence-corrected chi connectivity index (χ1v) is 8.95. The molecule has 0 radical (unpaired) electrons. The molecule has 0 bridgehead atoms. The lowest BCUT2D eigenvalue weighted by atomic mass is 10.1. The van der Waals surface area contributed by atoms with Gasteiger partial charge in [-0.1, -0.05) is 30.3 Å². The van der Waals surface area contributed by atoms with Crippen LogP contribution in [-0.2, 0) is 17.5 Å². The maximum atomic E-state index is 12.8. The third-order valence-electron chi connectivity index (χ3n) is 4.74. The maximum Gasteiger partial charge on any atom is 0.416 e. The van der Waals surface area contributed by atoms with E-state index in [1.54, 1.807) is 0 Å². The molecule has 0 spiro atoms. The van der Waals surface area contributed by atoms with Gasteiger partial charge >= 0.3 is 6.18 Å². The minimum atomic E-state index is -4.70. The molecule has 0 aromatic heterocycles. The van der Waals surface area contributed by atoms with Crippen LogP contribution in [-0.4, -0.2) is 28.3 Å². The van der Waals surface area contributed by atoms with Gasteiger partial charge < -0.3 is 0 Å². The van der Waals surface area contributed by atoms with Crippen LogP contribution in [0.25, 0.3) is 0 Å². The van der Waals surface area contributed by atoms with Crippen LogP contribution in [0.5, 0.6) is 0 Å². The number of likely N-dealkylation sites (tertiary alicyclic amines) is 1. The number of rotatable bonds is 6. The normalized spacial score (nSPS) is 17.1. The molecule has 1 amide bonds. The summed E-state index contributed by atoms with van der Waals surface area (Å²) in [7, 11) is 0. The number of nitro benzene ring substituents is 1. The molecule has 154 valence electrons. The molecular weight excluding hydrogens is 389 g/mol. The Kier molecular flexibility index (Phi) is 6.02. The average molecular weight is 408 g/mol. The van der Waals surface area contributed by atoms with Gasteiger partial charge in [-0.25, -0.2) is 0 Å². The number of nitrogens with zero attached hydrogens (tertiary/aromatic N) is 2. The van der Waals surface area contributed by atoms with E-state index in [1.165, 1.54) is 0 Å². The van der Waals surface area contributed by atoms with Crippen molar-refractivity contribution in [1.82, 2.24) is 10.3 Å². The number of anilines is 1. The van der Waals surface area contributed by atoms with Gasteiger partial charge in [0.15, 0.2) is 0 Å². The lowest BCUT2D eigenvalue weighted by molar-refractivity contribution is -0.384. The molecule has 0 saturated carbocycles. The summed E-state index contributed by atoms with van der Waals surface area (Å²) >= 11 is 0. The monoisotopic (exact) mass is 408 g/mol. The quantitative estimate of drug-likeness (QED) is 0.562. The summed E-state index contributed by atoms with van der Waals surface area (Å²) in [5, 5.41) is 11.1. The predicted molar refractivity (Wildman–Crippen MR) is 99.7 cm³/mol. The van der Waals surface area contributed by atoms with Crippen LogP contribution in [0.15, 0.2) is 48.5 Å². The molecule has 10 heteroatoms. The molecule has 29 heavy (non-hydrogen) atoms. The summed E-state index contributed by atoms with van der Waals surface area (Å²) in [6.07, 6.45) is -3.25. The number of halogens is 3. The van der Waals surface area contributed by atoms with E-state index in [0.29, 0.717) is 19.0 Å². The molecule has 2 aromatic carbocycles. The number of hydrogen-bond donors (Lipinski definition) is 2. The first-order chi connectivity index (χ1) is 13.8. The molecule has 1 saturated heterocycles. The molecule has 7 nitrogen and oxygen atoms in total. The highest BCUT2D eigenvalue weighted by Crippen LogP contribution is 2.34. The average Bonchev–Trinajstić information content (AvgIpc) is 3.14. The number of amides is 1. The highest BCUT2D eigenvalue weighted by atomic mass is 19.4. The summed E-state index contributed by atoms with van der Waals surface area (Å²) in [5.41, 5.74) is 3.72. The minimum Gasteiger partial charge on any atom is -0.292 e. The Morgan fingerprint density at radius 3 is 2.59 bits per heavy atom. The van der Waals surface area contributed by atoms with Gasteiger partial charge in [0.25, 0.3) is 11.6 Å².